The predicted octanol–water partition coefficient (Wildman–Crippen LogP) is 2.17. The predicted molar refractivity (Wildman–Crippen MR) is 119 cm³/mol. The third-order valence-electron chi connectivity index (χ3n) is 5.74. The maximum absolute atomic E-state index is 13.5. The molecule has 1 saturated heterocycles. The maximum atomic E-state index is 13.5. The van der Waals surface area contributed by atoms with Gasteiger partial charge in [0.15, 0.2) is 16.8 Å². The fourth-order valence-corrected chi connectivity index (χ4v) is 6.27. The van der Waals surface area contributed by atoms with Crippen LogP contribution in [-0.2, 0) is 10.0 Å². The molecule has 2 aromatic carbocycles. The van der Waals surface area contributed by atoms with Gasteiger partial charge in [0, 0.05) is 48.7 Å². The van der Waals surface area contributed by atoms with E-state index in [1.54, 1.807) is 23.1 Å². The van der Waals surface area contributed by atoms with Crippen LogP contribution in [-0.4, -0.2) is 73.7 Å². The van der Waals surface area contributed by atoms with Crippen LogP contribution in [0.25, 0.3) is 0 Å². The number of halogens is 2. The lowest BCUT2D eigenvalue weighted by Gasteiger charge is -2.35. The molecule has 12 heteroatoms. The van der Waals surface area contributed by atoms with Crippen molar-refractivity contribution in [3.05, 3.63) is 59.2 Å². The minimum absolute atomic E-state index is 0.0509. The van der Waals surface area contributed by atoms with Crippen LogP contribution in [0.15, 0.2) is 45.7 Å². The topological polar surface area (TPSA) is 90.4 Å². The van der Waals surface area contributed by atoms with Gasteiger partial charge in [-0.1, -0.05) is 0 Å². The molecule has 2 amide bonds. The van der Waals surface area contributed by atoms with Crippen molar-refractivity contribution in [2.45, 2.75) is 4.90 Å². The van der Waals surface area contributed by atoms with Crippen molar-refractivity contribution in [2.24, 2.45) is 4.40 Å². The number of sulfonamides is 1. The van der Waals surface area contributed by atoms with E-state index in [4.69, 9.17) is 0 Å². The summed E-state index contributed by atoms with van der Waals surface area (Å²) >= 11 is 1.22. The minimum Gasteiger partial charge on any atom is -0.335 e. The van der Waals surface area contributed by atoms with Crippen LogP contribution in [0.4, 0.5) is 14.5 Å². The Morgan fingerprint density at radius 1 is 0.848 bits per heavy atom. The second-order valence-electron chi connectivity index (χ2n) is 7.81. The number of fused-ring (bicyclic) bond motifs is 3. The van der Waals surface area contributed by atoms with Gasteiger partial charge in [0.1, 0.15) is 0 Å². The van der Waals surface area contributed by atoms with Crippen LogP contribution in [0, 0.1) is 11.6 Å². The van der Waals surface area contributed by atoms with E-state index in [1.165, 1.54) is 22.7 Å². The number of thioether (sulfide) groups is 1. The van der Waals surface area contributed by atoms with Gasteiger partial charge < -0.3 is 14.7 Å². The lowest BCUT2D eigenvalue weighted by atomic mass is 10.1. The number of benzene rings is 2. The van der Waals surface area contributed by atoms with Crippen LogP contribution in [0.5, 0.6) is 0 Å². The summed E-state index contributed by atoms with van der Waals surface area (Å²) in [5.41, 5.74) is 1.35. The number of amidine groups is 1. The van der Waals surface area contributed by atoms with Crippen LogP contribution >= 0.6 is 11.8 Å². The highest BCUT2D eigenvalue weighted by atomic mass is 32.2. The number of amides is 2. The number of hydrogen-bond donors (Lipinski definition) is 0. The van der Waals surface area contributed by atoms with Gasteiger partial charge in [-0.25, -0.2) is 17.2 Å². The van der Waals surface area contributed by atoms with E-state index in [2.05, 4.69) is 4.40 Å². The number of nitrogens with zero attached hydrogens (tertiary/aromatic N) is 4. The molecule has 0 aromatic heterocycles. The summed E-state index contributed by atoms with van der Waals surface area (Å²) < 4.78 is 53.9. The molecular formula is C21H18F2N4O4S2. The Morgan fingerprint density at radius 3 is 2.09 bits per heavy atom. The maximum Gasteiger partial charge on any atom is 0.257 e. The van der Waals surface area contributed by atoms with Crippen molar-refractivity contribution in [3.8, 4) is 0 Å². The highest BCUT2D eigenvalue weighted by Crippen LogP contribution is 2.42. The Labute approximate surface area is 192 Å². The number of carbonyl (C=O) groups excluding carboxylic acids is 2. The summed E-state index contributed by atoms with van der Waals surface area (Å²) in [6.07, 6.45) is 0. The van der Waals surface area contributed by atoms with E-state index < -0.39 is 27.6 Å². The molecule has 0 unspecified atom stereocenters. The van der Waals surface area contributed by atoms with E-state index in [-0.39, 0.29) is 30.3 Å². The summed E-state index contributed by atoms with van der Waals surface area (Å²) in [4.78, 5) is 31.3. The normalized spacial score (nSPS) is 19.1. The molecule has 0 bridgehead atoms. The van der Waals surface area contributed by atoms with Gasteiger partial charge in [-0.2, -0.15) is 0 Å². The summed E-state index contributed by atoms with van der Waals surface area (Å²) in [5, 5.41) is 0.394. The van der Waals surface area contributed by atoms with Gasteiger partial charge in [0.2, 0.25) is 0 Å². The largest absolute Gasteiger partial charge is 0.335 e. The number of carbonyl (C=O) groups is 2. The van der Waals surface area contributed by atoms with Crippen LogP contribution < -0.4 is 4.90 Å². The lowest BCUT2D eigenvalue weighted by Crippen LogP contribution is -2.50. The first kappa shape index (κ1) is 21.8. The number of piperazine rings is 1. The van der Waals surface area contributed by atoms with Crippen LogP contribution in [0.3, 0.4) is 0 Å². The first-order valence-electron chi connectivity index (χ1n) is 10.2. The average Bonchev–Trinajstić information content (AvgIpc) is 3.15. The fourth-order valence-electron chi connectivity index (χ4n) is 3.97. The monoisotopic (exact) mass is 492 g/mol. The van der Waals surface area contributed by atoms with Crippen molar-refractivity contribution in [3.63, 3.8) is 0 Å². The van der Waals surface area contributed by atoms with Gasteiger partial charge in [-0.15, -0.1) is 4.40 Å². The molecule has 172 valence electrons. The molecule has 1 fully saturated rings. The fraction of sp³-hybridized carbons (Fsp3) is 0.286. The molecule has 3 aliphatic heterocycles. The second-order valence-corrected chi connectivity index (χ2v) is 10.6. The van der Waals surface area contributed by atoms with E-state index in [1.807, 2.05) is 4.90 Å². The molecule has 3 heterocycles. The van der Waals surface area contributed by atoms with Gasteiger partial charge in [-0.3, -0.25) is 9.59 Å². The van der Waals surface area contributed by atoms with Gasteiger partial charge in [0.25, 0.3) is 21.8 Å². The standard InChI is InChI=1S/C21H18F2N4O4S2/c22-15-3-1-13(11-16(15)23)19(28)25-5-7-26(8-6-25)20(29)14-2-4-17-18(12-14)32-21-24-33(30,31)10-9-27(17)21/h1-4,11-12H,5-10H2. The van der Waals surface area contributed by atoms with Crippen molar-refractivity contribution < 1.29 is 26.8 Å². The molecule has 0 N–H and O–H groups in total. The molecule has 8 nitrogen and oxygen atoms in total. The number of anilines is 1. The van der Waals surface area contributed by atoms with Crippen molar-refractivity contribution in [2.75, 3.05) is 43.4 Å². The highest BCUT2D eigenvalue weighted by Gasteiger charge is 2.34. The highest BCUT2D eigenvalue weighted by molar-refractivity contribution is 8.15. The van der Waals surface area contributed by atoms with Gasteiger partial charge >= 0.3 is 0 Å². The third-order valence-corrected chi connectivity index (χ3v) is 8.05. The first-order chi connectivity index (χ1) is 15.7. The Hall–Kier alpha value is -2.99. The summed E-state index contributed by atoms with van der Waals surface area (Å²) in [7, 11) is -3.46. The SMILES string of the molecule is O=C(c1ccc(F)c(F)c1)N1CCN(C(=O)c2ccc3c(c2)SC2=NS(=O)(=O)CCN23)CC1. The van der Waals surface area contributed by atoms with Crippen molar-refractivity contribution in [1.82, 2.24) is 9.80 Å². The summed E-state index contributed by atoms with van der Waals surface area (Å²) in [6, 6.07) is 8.26. The molecule has 3 aliphatic rings. The average molecular weight is 493 g/mol. The Morgan fingerprint density at radius 2 is 1.45 bits per heavy atom. The van der Waals surface area contributed by atoms with E-state index in [0.29, 0.717) is 30.4 Å². The molecular weight excluding hydrogens is 474 g/mol. The van der Waals surface area contributed by atoms with Crippen LogP contribution in [0.2, 0.25) is 0 Å². The van der Waals surface area contributed by atoms with Crippen molar-refractivity contribution in [1.29, 1.82) is 0 Å². The van der Waals surface area contributed by atoms with Gasteiger partial charge in [0.05, 0.1) is 11.4 Å². The molecule has 5 rings (SSSR count). The van der Waals surface area contributed by atoms with E-state index in [0.717, 1.165) is 22.7 Å². The number of hydrogen-bond acceptors (Lipinski definition) is 6. The Balaban J connectivity index is 1.26. The Bertz CT molecular complexity index is 1310. The van der Waals surface area contributed by atoms with E-state index in [9.17, 15) is 26.8 Å². The molecule has 0 radical (unpaired) electrons. The smallest absolute Gasteiger partial charge is 0.257 e. The number of rotatable bonds is 2. The molecule has 0 saturated carbocycles. The van der Waals surface area contributed by atoms with Crippen molar-refractivity contribution >= 4 is 44.5 Å². The molecule has 0 aliphatic carbocycles. The van der Waals surface area contributed by atoms with Gasteiger partial charge in [-0.05, 0) is 48.2 Å². The quantitative estimate of drug-likeness (QED) is 0.639. The van der Waals surface area contributed by atoms with E-state index >= 15 is 0 Å². The third kappa shape index (κ3) is 4.08. The summed E-state index contributed by atoms with van der Waals surface area (Å²) in [6.45, 7) is 1.46. The zero-order valence-corrected chi connectivity index (χ0v) is 18.8. The zero-order chi connectivity index (χ0) is 23.3. The molecule has 2 aromatic rings. The molecule has 0 atom stereocenters. The minimum atomic E-state index is -3.46. The van der Waals surface area contributed by atoms with Crippen LogP contribution in [0.1, 0.15) is 20.7 Å². The second kappa shape index (κ2) is 8.10. The molecule has 33 heavy (non-hydrogen) atoms. The zero-order valence-electron chi connectivity index (χ0n) is 17.2. The lowest BCUT2D eigenvalue weighted by molar-refractivity contribution is 0.0535. The summed E-state index contributed by atoms with van der Waals surface area (Å²) in [5.74, 6) is -2.76. The Kier molecular flexibility index (Phi) is 5.36. The first-order valence-corrected chi connectivity index (χ1v) is 12.6. The molecule has 0 spiro atoms.